The van der Waals surface area contributed by atoms with E-state index in [1.165, 1.54) is 18.9 Å². The number of carboxylic acid groups (broad SMARTS) is 1. The van der Waals surface area contributed by atoms with E-state index in [-0.39, 0.29) is 30.2 Å². The molecule has 1 heterocycles. The van der Waals surface area contributed by atoms with E-state index in [9.17, 15) is 9.18 Å². The highest BCUT2D eigenvalue weighted by molar-refractivity contribution is 6.32. The van der Waals surface area contributed by atoms with E-state index in [1.54, 1.807) is 24.3 Å². The van der Waals surface area contributed by atoms with E-state index >= 15 is 0 Å². The molecule has 0 saturated heterocycles. The van der Waals surface area contributed by atoms with Crippen LogP contribution in [0.2, 0.25) is 5.02 Å². The van der Waals surface area contributed by atoms with Gasteiger partial charge in [0.2, 0.25) is 5.88 Å². The number of carbonyl (C=O) groups is 1. The molecule has 1 aliphatic rings. The second-order valence-corrected chi connectivity index (χ2v) is 6.64. The fourth-order valence-electron chi connectivity index (χ4n) is 2.39. The predicted molar refractivity (Wildman–Crippen MR) is 95.2 cm³/mol. The second kappa shape index (κ2) is 8.36. The van der Waals surface area contributed by atoms with Gasteiger partial charge in [0.1, 0.15) is 0 Å². The van der Waals surface area contributed by atoms with Crippen molar-refractivity contribution < 1.29 is 23.8 Å². The molecule has 0 atom stereocenters. The van der Waals surface area contributed by atoms with E-state index in [2.05, 4.69) is 4.98 Å². The van der Waals surface area contributed by atoms with E-state index in [0.717, 1.165) is 0 Å². The summed E-state index contributed by atoms with van der Waals surface area (Å²) in [5.41, 5.74) is 1.07. The van der Waals surface area contributed by atoms with Crippen LogP contribution in [0.25, 0.3) is 11.3 Å². The van der Waals surface area contributed by atoms with Crippen LogP contribution < -0.4 is 9.47 Å². The first-order chi connectivity index (χ1) is 12.5. The van der Waals surface area contributed by atoms with Crippen LogP contribution in [-0.4, -0.2) is 29.3 Å². The van der Waals surface area contributed by atoms with Crippen molar-refractivity contribution in [3.05, 3.63) is 41.2 Å². The molecule has 3 rings (SSSR count). The first-order valence-corrected chi connectivity index (χ1v) is 8.84. The molecule has 0 unspecified atom stereocenters. The topological polar surface area (TPSA) is 68.7 Å². The normalized spacial score (nSPS) is 13.5. The number of carboxylic acids is 1. The van der Waals surface area contributed by atoms with Gasteiger partial charge in [0.15, 0.2) is 11.6 Å². The van der Waals surface area contributed by atoms with Crippen LogP contribution in [0, 0.1) is 11.7 Å². The molecular formula is C19H19ClFNO4. The van der Waals surface area contributed by atoms with Crippen LogP contribution in [0.3, 0.4) is 0 Å². The van der Waals surface area contributed by atoms with Gasteiger partial charge in [-0.1, -0.05) is 17.7 Å². The number of benzene rings is 1. The third-order valence-corrected chi connectivity index (χ3v) is 4.24. The summed E-state index contributed by atoms with van der Waals surface area (Å²) >= 11 is 6.14. The van der Waals surface area contributed by atoms with Gasteiger partial charge in [-0.05, 0) is 43.4 Å². The number of ether oxygens (including phenoxy) is 2. The minimum atomic E-state index is -0.926. The van der Waals surface area contributed by atoms with Crippen LogP contribution >= 0.6 is 11.6 Å². The van der Waals surface area contributed by atoms with Crippen molar-refractivity contribution in [3.63, 3.8) is 0 Å². The summed E-state index contributed by atoms with van der Waals surface area (Å²) in [5.74, 6) is -0.508. The molecule has 1 aliphatic carbocycles. The average molecular weight is 380 g/mol. The Kier molecular flexibility index (Phi) is 5.93. The van der Waals surface area contributed by atoms with E-state index in [1.807, 2.05) is 0 Å². The number of halogens is 2. The molecule has 1 saturated carbocycles. The summed E-state index contributed by atoms with van der Waals surface area (Å²) in [5, 5.41) is 8.72. The van der Waals surface area contributed by atoms with Crippen LogP contribution in [0.5, 0.6) is 11.6 Å². The zero-order valence-corrected chi connectivity index (χ0v) is 14.8. The number of nitrogens with zero attached hydrogens (tertiary/aromatic N) is 1. The Morgan fingerprint density at radius 2 is 2.12 bits per heavy atom. The highest BCUT2D eigenvalue weighted by Gasteiger charge is 2.22. The first kappa shape index (κ1) is 18.5. The zero-order valence-electron chi connectivity index (χ0n) is 14.1. The van der Waals surface area contributed by atoms with E-state index in [0.29, 0.717) is 29.7 Å². The molecule has 0 amide bonds. The predicted octanol–water partition coefficient (Wildman–Crippen LogP) is 4.57. The quantitative estimate of drug-likeness (QED) is 0.646. The summed E-state index contributed by atoms with van der Waals surface area (Å²) in [6, 6.07) is 8.19. The number of pyridine rings is 1. The fraction of sp³-hybridized carbons (Fsp3) is 0.368. The molecule has 1 fully saturated rings. The minimum absolute atomic E-state index is 0.0467. The SMILES string of the molecule is O=C(O)CCCOc1c(F)cc(-c2cccc(OCC3CC3)n2)cc1Cl. The number of aromatic nitrogens is 1. The van der Waals surface area contributed by atoms with Crippen LogP contribution in [0.15, 0.2) is 30.3 Å². The number of aliphatic carboxylic acids is 1. The molecule has 7 heteroatoms. The van der Waals surface area contributed by atoms with Crippen LogP contribution in [-0.2, 0) is 4.79 Å². The summed E-state index contributed by atoms with van der Waals surface area (Å²) in [6.07, 6.45) is 2.60. The van der Waals surface area contributed by atoms with Crippen molar-refractivity contribution in [2.24, 2.45) is 5.92 Å². The molecular weight excluding hydrogens is 361 g/mol. The Bertz CT molecular complexity index is 772. The first-order valence-electron chi connectivity index (χ1n) is 8.47. The molecule has 138 valence electrons. The van der Waals surface area contributed by atoms with Gasteiger partial charge in [0.25, 0.3) is 0 Å². The third-order valence-electron chi connectivity index (χ3n) is 3.96. The highest BCUT2D eigenvalue weighted by atomic mass is 35.5. The maximum absolute atomic E-state index is 14.4. The number of rotatable bonds is 9. The molecule has 1 aromatic heterocycles. The molecule has 26 heavy (non-hydrogen) atoms. The molecule has 0 aliphatic heterocycles. The lowest BCUT2D eigenvalue weighted by atomic mass is 10.1. The van der Waals surface area contributed by atoms with E-state index in [4.69, 9.17) is 26.2 Å². The summed E-state index contributed by atoms with van der Waals surface area (Å²) < 4.78 is 25.3. The summed E-state index contributed by atoms with van der Waals surface area (Å²) in [6.45, 7) is 0.722. The molecule has 1 aromatic carbocycles. The van der Waals surface area contributed by atoms with Crippen molar-refractivity contribution in [2.75, 3.05) is 13.2 Å². The molecule has 2 aromatic rings. The Hall–Kier alpha value is -2.34. The fourth-order valence-corrected chi connectivity index (χ4v) is 2.65. The van der Waals surface area contributed by atoms with Gasteiger partial charge in [-0.25, -0.2) is 9.37 Å². The van der Waals surface area contributed by atoms with Gasteiger partial charge in [-0.3, -0.25) is 4.79 Å². The molecule has 0 radical (unpaired) electrons. The van der Waals surface area contributed by atoms with E-state index < -0.39 is 11.8 Å². The van der Waals surface area contributed by atoms with Crippen molar-refractivity contribution in [1.82, 2.24) is 4.98 Å². The van der Waals surface area contributed by atoms with Crippen molar-refractivity contribution in [2.45, 2.75) is 25.7 Å². The highest BCUT2D eigenvalue weighted by Crippen LogP contribution is 2.34. The zero-order chi connectivity index (χ0) is 18.5. The monoisotopic (exact) mass is 379 g/mol. The van der Waals surface area contributed by atoms with Crippen LogP contribution in [0.1, 0.15) is 25.7 Å². The Morgan fingerprint density at radius 3 is 2.81 bits per heavy atom. The minimum Gasteiger partial charge on any atom is -0.489 e. The summed E-state index contributed by atoms with van der Waals surface area (Å²) in [7, 11) is 0. The van der Waals surface area contributed by atoms with Gasteiger partial charge in [-0.2, -0.15) is 0 Å². The smallest absolute Gasteiger partial charge is 0.303 e. The maximum Gasteiger partial charge on any atom is 0.303 e. The lowest BCUT2D eigenvalue weighted by Gasteiger charge is -2.11. The molecule has 5 nitrogen and oxygen atoms in total. The lowest BCUT2D eigenvalue weighted by molar-refractivity contribution is -0.137. The Balaban J connectivity index is 1.70. The number of hydrogen-bond acceptors (Lipinski definition) is 4. The lowest BCUT2D eigenvalue weighted by Crippen LogP contribution is -2.04. The van der Waals surface area contributed by atoms with Gasteiger partial charge in [-0.15, -0.1) is 0 Å². The molecule has 0 spiro atoms. The Morgan fingerprint density at radius 1 is 1.31 bits per heavy atom. The number of hydrogen-bond donors (Lipinski definition) is 1. The van der Waals surface area contributed by atoms with Crippen LogP contribution in [0.4, 0.5) is 4.39 Å². The Labute approximate surface area is 155 Å². The van der Waals surface area contributed by atoms with Gasteiger partial charge < -0.3 is 14.6 Å². The van der Waals surface area contributed by atoms with Gasteiger partial charge in [0.05, 0.1) is 23.9 Å². The van der Waals surface area contributed by atoms with Gasteiger partial charge in [0, 0.05) is 18.1 Å². The second-order valence-electron chi connectivity index (χ2n) is 6.23. The van der Waals surface area contributed by atoms with Crippen molar-refractivity contribution in [3.8, 4) is 22.9 Å². The van der Waals surface area contributed by atoms with Gasteiger partial charge >= 0.3 is 5.97 Å². The third kappa shape index (κ3) is 5.08. The average Bonchev–Trinajstić information content (AvgIpc) is 3.43. The van der Waals surface area contributed by atoms with Crippen molar-refractivity contribution >= 4 is 17.6 Å². The largest absolute Gasteiger partial charge is 0.489 e. The molecule has 0 bridgehead atoms. The van der Waals surface area contributed by atoms with Crippen molar-refractivity contribution in [1.29, 1.82) is 0 Å². The maximum atomic E-state index is 14.4. The standard InChI is InChI=1S/C19H19ClFNO4/c20-14-9-13(10-15(21)19(14)25-8-2-5-18(23)24)16-3-1-4-17(22-16)26-11-12-6-7-12/h1,3-4,9-10,12H,2,5-8,11H2,(H,23,24). The molecule has 1 N–H and O–H groups in total. The summed E-state index contributed by atoms with van der Waals surface area (Å²) in [4.78, 5) is 14.9.